The lowest BCUT2D eigenvalue weighted by Gasteiger charge is -2.12. The second-order valence-electron chi connectivity index (χ2n) is 10.5. The van der Waals surface area contributed by atoms with Crippen LogP contribution in [0, 0.1) is 6.92 Å². The molecule has 0 atom stereocenters. The number of aromatic nitrogens is 2. The van der Waals surface area contributed by atoms with Gasteiger partial charge in [0.2, 0.25) is 0 Å². The predicted octanol–water partition coefficient (Wildman–Crippen LogP) is 8.10. The van der Waals surface area contributed by atoms with E-state index in [2.05, 4.69) is 82.9 Å². The number of aryl methyl sites for hydroxylation is 3. The highest BCUT2D eigenvalue weighted by atomic mass is 16.1. The number of rotatable bonds is 5. The van der Waals surface area contributed by atoms with Crippen LogP contribution in [0.25, 0.3) is 28.0 Å². The molecule has 0 saturated carbocycles. The standard InChI is InChI=1S/C33H33N3O/c1-22(2)24-15-17-26(18-16-24)30-28-14-7-8-19-35-29(25-11-5-4-6-12-25)21-36(33(28)35)31(30)32(37)34-27-13-9-10-23(3)20-27/h4-6,9-13,15-18,20-22H,7-8,14,19H2,1-3H3,(H,34,37). The van der Waals surface area contributed by atoms with Crippen molar-refractivity contribution in [2.75, 3.05) is 5.32 Å². The first-order valence-electron chi connectivity index (χ1n) is 13.3. The van der Waals surface area contributed by atoms with Gasteiger partial charge in [-0.3, -0.25) is 9.20 Å². The molecule has 2 aromatic heterocycles. The van der Waals surface area contributed by atoms with Gasteiger partial charge >= 0.3 is 0 Å². The zero-order valence-electron chi connectivity index (χ0n) is 21.8. The molecule has 4 heteroatoms. The summed E-state index contributed by atoms with van der Waals surface area (Å²) in [5.74, 6) is 0.387. The molecule has 1 amide bonds. The molecular formula is C33H33N3O. The predicted molar refractivity (Wildman–Crippen MR) is 152 cm³/mol. The van der Waals surface area contributed by atoms with Crippen LogP contribution < -0.4 is 5.32 Å². The molecule has 0 spiro atoms. The second kappa shape index (κ2) is 9.44. The van der Waals surface area contributed by atoms with Crippen LogP contribution in [-0.2, 0) is 13.0 Å². The third kappa shape index (κ3) is 4.17. The lowest BCUT2D eigenvalue weighted by molar-refractivity contribution is 0.102. The molecular weight excluding hydrogens is 454 g/mol. The van der Waals surface area contributed by atoms with Gasteiger partial charge in [0.05, 0.1) is 5.69 Å². The highest BCUT2D eigenvalue weighted by Crippen LogP contribution is 2.40. The first-order valence-corrected chi connectivity index (χ1v) is 13.3. The van der Waals surface area contributed by atoms with Crippen LogP contribution in [0.2, 0.25) is 0 Å². The molecule has 0 aliphatic carbocycles. The third-order valence-corrected chi connectivity index (χ3v) is 7.56. The summed E-state index contributed by atoms with van der Waals surface area (Å²) in [4.78, 5) is 14.1. The molecule has 1 aliphatic rings. The number of hydrogen-bond acceptors (Lipinski definition) is 1. The van der Waals surface area contributed by atoms with E-state index in [-0.39, 0.29) is 5.91 Å². The summed E-state index contributed by atoms with van der Waals surface area (Å²) >= 11 is 0. The largest absolute Gasteiger partial charge is 0.325 e. The summed E-state index contributed by atoms with van der Waals surface area (Å²) in [5, 5.41) is 3.20. The molecule has 6 rings (SSSR count). The van der Waals surface area contributed by atoms with Crippen LogP contribution in [0.5, 0.6) is 0 Å². The Labute approximate surface area is 218 Å². The van der Waals surface area contributed by atoms with Crippen LogP contribution in [0.1, 0.15) is 59.8 Å². The normalized spacial score (nSPS) is 13.2. The summed E-state index contributed by atoms with van der Waals surface area (Å²) in [6, 6.07) is 27.3. The van der Waals surface area contributed by atoms with Crippen molar-refractivity contribution in [1.29, 1.82) is 0 Å². The van der Waals surface area contributed by atoms with E-state index >= 15 is 0 Å². The zero-order valence-corrected chi connectivity index (χ0v) is 21.8. The van der Waals surface area contributed by atoms with Crippen molar-refractivity contribution < 1.29 is 4.79 Å². The van der Waals surface area contributed by atoms with Gasteiger partial charge in [0, 0.05) is 29.6 Å². The molecule has 3 aromatic carbocycles. The van der Waals surface area contributed by atoms with Gasteiger partial charge < -0.3 is 9.88 Å². The number of benzene rings is 3. The Morgan fingerprint density at radius 1 is 0.892 bits per heavy atom. The van der Waals surface area contributed by atoms with Crippen molar-refractivity contribution in [2.24, 2.45) is 0 Å². The van der Waals surface area contributed by atoms with E-state index in [1.54, 1.807) is 0 Å². The number of nitrogens with one attached hydrogen (secondary N) is 1. The minimum absolute atomic E-state index is 0.0767. The molecule has 0 fully saturated rings. The fourth-order valence-electron chi connectivity index (χ4n) is 5.71. The smallest absolute Gasteiger partial charge is 0.273 e. The fourth-order valence-corrected chi connectivity index (χ4v) is 5.71. The van der Waals surface area contributed by atoms with Crippen molar-refractivity contribution in [3.8, 4) is 22.4 Å². The maximum absolute atomic E-state index is 14.1. The zero-order chi connectivity index (χ0) is 25.5. The summed E-state index contributed by atoms with van der Waals surface area (Å²) in [6.45, 7) is 7.42. The van der Waals surface area contributed by atoms with Crippen LogP contribution >= 0.6 is 0 Å². The number of hydrogen-bond donors (Lipinski definition) is 1. The Hall–Kier alpha value is -4.05. The summed E-state index contributed by atoms with van der Waals surface area (Å²) in [6.07, 6.45) is 5.35. The van der Waals surface area contributed by atoms with E-state index in [1.807, 2.05) is 37.3 Å². The van der Waals surface area contributed by atoms with E-state index in [1.165, 1.54) is 16.7 Å². The lowest BCUT2D eigenvalue weighted by Crippen LogP contribution is -2.15. The first-order chi connectivity index (χ1) is 18.0. The first kappa shape index (κ1) is 23.4. The van der Waals surface area contributed by atoms with E-state index in [4.69, 9.17) is 0 Å². The Bertz CT molecular complexity index is 1590. The summed E-state index contributed by atoms with van der Waals surface area (Å²) in [5.41, 5.74) is 10.9. The van der Waals surface area contributed by atoms with Gasteiger partial charge in [0.15, 0.2) is 0 Å². The topological polar surface area (TPSA) is 38.4 Å². The highest BCUT2D eigenvalue weighted by Gasteiger charge is 2.29. The molecule has 0 bridgehead atoms. The van der Waals surface area contributed by atoms with E-state index in [9.17, 15) is 4.79 Å². The Morgan fingerprint density at radius 2 is 1.68 bits per heavy atom. The number of anilines is 1. The van der Waals surface area contributed by atoms with Crippen LogP contribution in [-0.4, -0.2) is 14.9 Å². The third-order valence-electron chi connectivity index (χ3n) is 7.56. The molecule has 3 heterocycles. The Morgan fingerprint density at radius 3 is 2.41 bits per heavy atom. The number of nitrogens with zero attached hydrogens (tertiary/aromatic N) is 2. The molecule has 5 aromatic rings. The maximum Gasteiger partial charge on any atom is 0.273 e. The van der Waals surface area contributed by atoms with Crippen molar-refractivity contribution >= 4 is 17.2 Å². The second-order valence-corrected chi connectivity index (χ2v) is 10.5. The number of carbonyl (C=O) groups is 1. The van der Waals surface area contributed by atoms with Crippen molar-refractivity contribution in [1.82, 2.24) is 8.97 Å². The van der Waals surface area contributed by atoms with Gasteiger partial charge in [-0.1, -0.05) is 80.6 Å². The minimum Gasteiger partial charge on any atom is -0.325 e. The molecule has 37 heavy (non-hydrogen) atoms. The molecule has 0 saturated heterocycles. The van der Waals surface area contributed by atoms with Gasteiger partial charge in [0.25, 0.3) is 5.91 Å². The molecule has 1 N–H and O–H groups in total. The number of carbonyl (C=O) groups excluding carboxylic acids is 1. The van der Waals surface area contributed by atoms with E-state index in [0.29, 0.717) is 11.6 Å². The molecule has 4 nitrogen and oxygen atoms in total. The van der Waals surface area contributed by atoms with Crippen LogP contribution in [0.3, 0.4) is 0 Å². The fraction of sp³-hybridized carbons (Fsp3) is 0.242. The molecule has 0 radical (unpaired) electrons. The summed E-state index contributed by atoms with van der Waals surface area (Å²) < 4.78 is 4.58. The molecule has 1 aliphatic heterocycles. The monoisotopic (exact) mass is 487 g/mol. The van der Waals surface area contributed by atoms with Gasteiger partial charge in [-0.05, 0) is 66.5 Å². The van der Waals surface area contributed by atoms with Crippen molar-refractivity contribution in [3.05, 3.63) is 107 Å². The Balaban J connectivity index is 1.59. The van der Waals surface area contributed by atoms with Crippen LogP contribution in [0.15, 0.2) is 85.1 Å². The summed E-state index contributed by atoms with van der Waals surface area (Å²) in [7, 11) is 0. The highest BCUT2D eigenvalue weighted by molar-refractivity contribution is 6.10. The van der Waals surface area contributed by atoms with Crippen LogP contribution in [0.4, 0.5) is 5.69 Å². The number of amides is 1. The lowest BCUT2D eigenvalue weighted by atomic mass is 9.95. The average Bonchev–Trinajstić information content (AvgIpc) is 3.32. The SMILES string of the molecule is Cc1cccc(NC(=O)c2c(-c3ccc(C(C)C)cc3)c3c4n(c(-c5ccccc5)cn24)CCCC3)c1. The Kier molecular flexibility index (Phi) is 5.96. The minimum atomic E-state index is -0.0767. The van der Waals surface area contributed by atoms with E-state index in [0.717, 1.165) is 59.5 Å². The van der Waals surface area contributed by atoms with Crippen molar-refractivity contribution in [2.45, 2.75) is 52.5 Å². The van der Waals surface area contributed by atoms with Gasteiger partial charge in [0.1, 0.15) is 11.3 Å². The number of imidazole rings is 1. The quantitative estimate of drug-likeness (QED) is 0.267. The average molecular weight is 488 g/mol. The van der Waals surface area contributed by atoms with Gasteiger partial charge in [-0.25, -0.2) is 0 Å². The van der Waals surface area contributed by atoms with Crippen molar-refractivity contribution in [3.63, 3.8) is 0 Å². The van der Waals surface area contributed by atoms with E-state index < -0.39 is 0 Å². The molecule has 0 unspecified atom stereocenters. The van der Waals surface area contributed by atoms with Gasteiger partial charge in [-0.15, -0.1) is 0 Å². The molecule has 186 valence electrons. The maximum atomic E-state index is 14.1. The van der Waals surface area contributed by atoms with Gasteiger partial charge in [-0.2, -0.15) is 0 Å².